The van der Waals surface area contributed by atoms with Crippen molar-refractivity contribution in [2.75, 3.05) is 11.5 Å². The minimum absolute atomic E-state index is 0.0572. The lowest BCUT2D eigenvalue weighted by atomic mass is 10.0. The van der Waals surface area contributed by atoms with E-state index >= 15 is 0 Å². The van der Waals surface area contributed by atoms with Crippen LogP contribution < -0.4 is 11.5 Å². The topological polar surface area (TPSA) is 69.1 Å². The van der Waals surface area contributed by atoms with Gasteiger partial charge in [-0.2, -0.15) is 0 Å². The Labute approximate surface area is 100 Å². The van der Waals surface area contributed by atoms with Gasteiger partial charge in [0.05, 0.1) is 0 Å². The van der Waals surface area contributed by atoms with Crippen molar-refractivity contribution in [2.45, 2.75) is 6.92 Å². The number of hydrogen-bond donors (Lipinski definition) is 2. The molecule has 0 radical (unpaired) electrons. The summed E-state index contributed by atoms with van der Waals surface area (Å²) in [7, 11) is 0. The van der Waals surface area contributed by atoms with Crippen molar-refractivity contribution in [2.24, 2.45) is 0 Å². The summed E-state index contributed by atoms with van der Waals surface area (Å²) >= 11 is 0. The van der Waals surface area contributed by atoms with Crippen LogP contribution in [-0.4, -0.2) is 5.78 Å². The molecule has 0 aliphatic carbocycles. The number of anilines is 2. The first-order chi connectivity index (χ1) is 8.08. The molecule has 0 heterocycles. The molecule has 0 saturated carbocycles. The Balaban J connectivity index is 2.43. The predicted octanol–water partition coefficient (Wildman–Crippen LogP) is 2.72. The monoisotopic (exact) mass is 226 g/mol. The van der Waals surface area contributed by atoms with Crippen molar-refractivity contribution in [3.8, 4) is 11.1 Å². The lowest BCUT2D eigenvalue weighted by Crippen LogP contribution is -1.94. The summed E-state index contributed by atoms with van der Waals surface area (Å²) in [5, 5.41) is 0. The number of ketones is 1. The van der Waals surface area contributed by atoms with Gasteiger partial charge in [0.2, 0.25) is 0 Å². The molecule has 0 aliphatic heterocycles. The molecule has 3 nitrogen and oxygen atoms in total. The molecule has 86 valence electrons. The highest BCUT2D eigenvalue weighted by Gasteiger charge is 2.04. The van der Waals surface area contributed by atoms with E-state index in [1.807, 2.05) is 24.3 Å². The van der Waals surface area contributed by atoms with Crippen LogP contribution in [0.2, 0.25) is 0 Å². The van der Waals surface area contributed by atoms with Crippen LogP contribution in [-0.2, 0) is 0 Å². The van der Waals surface area contributed by atoms with Crippen LogP contribution >= 0.6 is 0 Å². The van der Waals surface area contributed by atoms with Crippen molar-refractivity contribution >= 4 is 17.2 Å². The number of nitrogen functional groups attached to an aromatic ring is 2. The number of carbonyl (C=O) groups is 1. The van der Waals surface area contributed by atoms with Crippen LogP contribution in [0.4, 0.5) is 11.4 Å². The van der Waals surface area contributed by atoms with E-state index < -0.39 is 0 Å². The highest BCUT2D eigenvalue weighted by atomic mass is 16.1. The van der Waals surface area contributed by atoms with Gasteiger partial charge in [0, 0.05) is 22.5 Å². The quantitative estimate of drug-likeness (QED) is 0.611. The first-order valence-electron chi connectivity index (χ1n) is 5.34. The molecule has 2 aromatic carbocycles. The molecule has 0 aliphatic rings. The van der Waals surface area contributed by atoms with E-state index in [4.69, 9.17) is 11.5 Å². The molecule has 0 atom stereocenters. The maximum absolute atomic E-state index is 11.2. The van der Waals surface area contributed by atoms with Crippen molar-refractivity contribution in [1.29, 1.82) is 0 Å². The summed E-state index contributed by atoms with van der Waals surface area (Å²) in [6, 6.07) is 12.8. The van der Waals surface area contributed by atoms with Gasteiger partial charge < -0.3 is 11.5 Å². The average molecular weight is 226 g/mol. The Morgan fingerprint density at radius 1 is 1.00 bits per heavy atom. The zero-order valence-electron chi connectivity index (χ0n) is 9.60. The minimum atomic E-state index is 0.0572. The molecule has 2 aromatic rings. The van der Waals surface area contributed by atoms with E-state index in [2.05, 4.69) is 0 Å². The summed E-state index contributed by atoms with van der Waals surface area (Å²) in [4.78, 5) is 11.2. The van der Waals surface area contributed by atoms with Crippen LogP contribution in [0.1, 0.15) is 17.3 Å². The first kappa shape index (κ1) is 11.2. The van der Waals surface area contributed by atoms with Gasteiger partial charge in [-0.3, -0.25) is 4.79 Å². The Bertz CT molecular complexity index is 559. The maximum atomic E-state index is 11.2. The van der Waals surface area contributed by atoms with E-state index in [1.54, 1.807) is 25.1 Å². The molecule has 2 rings (SSSR count). The zero-order chi connectivity index (χ0) is 12.4. The highest BCUT2D eigenvalue weighted by Crippen LogP contribution is 2.27. The summed E-state index contributed by atoms with van der Waals surface area (Å²) in [6.07, 6.45) is 0. The van der Waals surface area contributed by atoms with Crippen LogP contribution in [0.3, 0.4) is 0 Å². The van der Waals surface area contributed by atoms with Crippen LogP contribution in [0.25, 0.3) is 11.1 Å². The lowest BCUT2D eigenvalue weighted by molar-refractivity contribution is 0.101. The standard InChI is InChI=1S/C14H14N2O/c1-9(17)10-2-4-11(5-3-10)13-7-6-12(15)8-14(13)16/h2-8H,15-16H2,1H3. The molecular weight excluding hydrogens is 212 g/mol. The van der Waals surface area contributed by atoms with Crippen molar-refractivity contribution in [3.05, 3.63) is 48.0 Å². The van der Waals surface area contributed by atoms with Gasteiger partial charge in [-0.05, 0) is 24.6 Å². The second-order valence-corrected chi connectivity index (χ2v) is 3.98. The van der Waals surface area contributed by atoms with Gasteiger partial charge in [-0.25, -0.2) is 0 Å². The number of carbonyl (C=O) groups excluding carboxylic acids is 1. The Morgan fingerprint density at radius 3 is 2.18 bits per heavy atom. The zero-order valence-corrected chi connectivity index (χ0v) is 9.60. The van der Waals surface area contributed by atoms with Gasteiger partial charge in [0.15, 0.2) is 5.78 Å². The van der Waals surface area contributed by atoms with E-state index in [1.165, 1.54) is 0 Å². The SMILES string of the molecule is CC(=O)c1ccc(-c2ccc(N)cc2N)cc1. The van der Waals surface area contributed by atoms with Gasteiger partial charge in [0.25, 0.3) is 0 Å². The van der Waals surface area contributed by atoms with Crippen molar-refractivity contribution in [3.63, 3.8) is 0 Å². The third-order valence-electron chi connectivity index (χ3n) is 2.68. The number of Topliss-reactive ketones (excluding diaryl/α,β-unsaturated/α-hetero) is 1. The third kappa shape index (κ3) is 2.28. The Morgan fingerprint density at radius 2 is 1.65 bits per heavy atom. The van der Waals surface area contributed by atoms with Crippen molar-refractivity contribution in [1.82, 2.24) is 0 Å². The van der Waals surface area contributed by atoms with E-state index in [-0.39, 0.29) is 5.78 Å². The second kappa shape index (κ2) is 4.29. The van der Waals surface area contributed by atoms with Gasteiger partial charge >= 0.3 is 0 Å². The third-order valence-corrected chi connectivity index (χ3v) is 2.68. The highest BCUT2D eigenvalue weighted by molar-refractivity contribution is 5.94. The summed E-state index contributed by atoms with van der Waals surface area (Å²) in [6.45, 7) is 1.55. The minimum Gasteiger partial charge on any atom is -0.399 e. The van der Waals surface area contributed by atoms with E-state index in [9.17, 15) is 4.79 Å². The molecule has 0 amide bonds. The normalized spacial score (nSPS) is 10.2. The Hall–Kier alpha value is -2.29. The molecule has 0 aromatic heterocycles. The first-order valence-corrected chi connectivity index (χ1v) is 5.34. The van der Waals surface area contributed by atoms with Gasteiger partial charge in [-0.1, -0.05) is 30.3 Å². The van der Waals surface area contributed by atoms with Crippen LogP contribution in [0, 0.1) is 0 Å². The van der Waals surface area contributed by atoms with Gasteiger partial charge in [-0.15, -0.1) is 0 Å². The fourth-order valence-corrected chi connectivity index (χ4v) is 1.73. The number of nitrogens with two attached hydrogens (primary N) is 2. The second-order valence-electron chi connectivity index (χ2n) is 3.98. The summed E-state index contributed by atoms with van der Waals surface area (Å²) in [5.41, 5.74) is 15.4. The number of hydrogen-bond acceptors (Lipinski definition) is 3. The molecule has 17 heavy (non-hydrogen) atoms. The maximum Gasteiger partial charge on any atom is 0.159 e. The summed E-state index contributed by atoms with van der Waals surface area (Å²) < 4.78 is 0. The fraction of sp³-hybridized carbons (Fsp3) is 0.0714. The molecule has 0 fully saturated rings. The molecular formula is C14H14N2O. The van der Waals surface area contributed by atoms with Crippen molar-refractivity contribution < 1.29 is 4.79 Å². The van der Waals surface area contributed by atoms with Crippen LogP contribution in [0.15, 0.2) is 42.5 Å². The fourth-order valence-electron chi connectivity index (χ4n) is 1.73. The summed E-state index contributed by atoms with van der Waals surface area (Å²) in [5.74, 6) is 0.0572. The molecule has 0 unspecified atom stereocenters. The molecule has 0 spiro atoms. The molecule has 0 saturated heterocycles. The number of benzene rings is 2. The predicted molar refractivity (Wildman–Crippen MR) is 70.7 cm³/mol. The lowest BCUT2D eigenvalue weighted by Gasteiger charge is -2.07. The smallest absolute Gasteiger partial charge is 0.159 e. The van der Waals surface area contributed by atoms with Crippen LogP contribution in [0.5, 0.6) is 0 Å². The average Bonchev–Trinajstić information content (AvgIpc) is 2.29. The van der Waals surface area contributed by atoms with E-state index in [0.717, 1.165) is 11.1 Å². The van der Waals surface area contributed by atoms with Gasteiger partial charge in [0.1, 0.15) is 0 Å². The number of rotatable bonds is 2. The van der Waals surface area contributed by atoms with E-state index in [0.29, 0.717) is 16.9 Å². The molecule has 4 N–H and O–H groups in total. The molecule has 0 bridgehead atoms. The largest absolute Gasteiger partial charge is 0.399 e. The molecule has 3 heteroatoms. The Kier molecular flexibility index (Phi) is 2.83.